The van der Waals surface area contributed by atoms with Crippen LogP contribution in [-0.2, 0) is 9.68 Å². The standard InChI is InChI=1S/C10H14ClN.C6H6ClN.C2H5I.CH2O3.2K.H/c1-3-12(4-2)10-7-5-6-9(11)8-10;7-5-2-1-3-6(8)4-5;1-2-3;2-1-4-3;;;/h5-8H,3-4H2,1-2H3;1-4H,8H2;2H2,1H3;1,3H;;;/q;;;;2*+1;-1/p-1. The van der Waals surface area contributed by atoms with E-state index < -0.39 is 0 Å². The molecule has 0 atom stereocenters. The summed E-state index contributed by atoms with van der Waals surface area (Å²) in [5, 5.41) is 9.92. The molecule has 0 radical (unpaired) electrons. The van der Waals surface area contributed by atoms with E-state index in [1.807, 2.05) is 24.3 Å². The molecule has 154 valence electrons. The molecule has 2 rings (SSSR count). The Bertz CT molecular complexity index is 615. The summed E-state index contributed by atoms with van der Waals surface area (Å²) in [6, 6.07) is 15.1. The van der Waals surface area contributed by atoms with E-state index in [0.717, 1.165) is 18.1 Å². The molecule has 2 aromatic rings. The zero-order chi connectivity index (χ0) is 21.1. The van der Waals surface area contributed by atoms with Crippen molar-refractivity contribution in [3.8, 4) is 0 Å². The van der Waals surface area contributed by atoms with E-state index in [9.17, 15) is 0 Å². The van der Waals surface area contributed by atoms with Gasteiger partial charge in [0.2, 0.25) is 0 Å². The van der Waals surface area contributed by atoms with E-state index >= 15 is 0 Å². The minimum atomic E-state index is -0.181. The fourth-order valence-electron chi connectivity index (χ4n) is 1.77. The van der Waals surface area contributed by atoms with Crippen molar-refractivity contribution in [2.75, 3.05) is 28.2 Å². The van der Waals surface area contributed by atoms with Crippen molar-refractivity contribution in [2.24, 2.45) is 0 Å². The molecule has 0 amide bonds. The second kappa shape index (κ2) is 28.1. The zero-order valence-corrected chi connectivity index (χ0v) is 27.6. The number of nitrogen functional groups attached to an aromatic ring is 1. The van der Waals surface area contributed by atoms with Gasteiger partial charge in [0, 0.05) is 34.5 Å². The molecule has 0 heterocycles. The number of nitrogens with zero attached hydrogens (tertiary/aromatic N) is 1. The molecular weight excluding hydrogens is 580 g/mol. The first-order valence-corrected chi connectivity index (χ1v) is 10.5. The summed E-state index contributed by atoms with van der Waals surface area (Å²) in [7, 11) is 0. The van der Waals surface area contributed by atoms with Gasteiger partial charge in [-0.25, -0.2) is 0 Å². The van der Waals surface area contributed by atoms with Gasteiger partial charge in [0.1, 0.15) is 0 Å². The van der Waals surface area contributed by atoms with Gasteiger partial charge in [0.15, 0.2) is 0 Å². The molecule has 0 bridgehead atoms. The summed E-state index contributed by atoms with van der Waals surface area (Å²) in [4.78, 5) is 13.5. The van der Waals surface area contributed by atoms with Crippen molar-refractivity contribution in [1.82, 2.24) is 0 Å². The molecule has 5 nitrogen and oxygen atoms in total. The largest absolute Gasteiger partial charge is 1.00 e. The fraction of sp³-hybridized carbons (Fsp3) is 0.316. The summed E-state index contributed by atoms with van der Waals surface area (Å²) in [5.74, 6) is 0. The molecule has 0 saturated carbocycles. The van der Waals surface area contributed by atoms with E-state index in [1.54, 1.807) is 18.2 Å². The monoisotopic (exact) mass is 606 g/mol. The average Bonchev–Trinajstić information content (AvgIpc) is 2.64. The van der Waals surface area contributed by atoms with Crippen LogP contribution in [0, 0.1) is 0 Å². The molecule has 2 N–H and O–H groups in total. The number of carbonyl (C=O) groups excluding carboxylic acids is 1. The van der Waals surface area contributed by atoms with Crippen molar-refractivity contribution in [3.63, 3.8) is 0 Å². The third-order valence-electron chi connectivity index (χ3n) is 2.82. The van der Waals surface area contributed by atoms with Gasteiger partial charge >= 0.3 is 103 Å². The number of nitrogens with two attached hydrogens (primary N) is 1. The Kier molecular flexibility index (Phi) is 37.1. The first-order valence-electron chi connectivity index (χ1n) is 8.19. The van der Waals surface area contributed by atoms with Crippen LogP contribution in [0.3, 0.4) is 0 Å². The van der Waals surface area contributed by atoms with Gasteiger partial charge in [0.05, 0.1) is 0 Å². The van der Waals surface area contributed by atoms with E-state index in [0.29, 0.717) is 10.7 Å². The number of rotatable bonds is 4. The molecule has 2 aromatic carbocycles. The Balaban J connectivity index is -0.000000102. The third-order valence-corrected chi connectivity index (χ3v) is 3.29. The van der Waals surface area contributed by atoms with Crippen molar-refractivity contribution < 1.29 is 119 Å². The van der Waals surface area contributed by atoms with E-state index in [2.05, 4.69) is 59.2 Å². The minimum absolute atomic E-state index is 0. The van der Waals surface area contributed by atoms with Crippen LogP contribution in [0.2, 0.25) is 10.0 Å². The maximum Gasteiger partial charge on any atom is 1.00 e. The molecule has 0 aliphatic rings. The summed E-state index contributed by atoms with van der Waals surface area (Å²) in [5.41, 5.74) is 7.28. The van der Waals surface area contributed by atoms with Gasteiger partial charge in [-0.05, 0) is 54.7 Å². The van der Waals surface area contributed by atoms with Gasteiger partial charge in [-0.1, -0.05) is 64.8 Å². The Morgan fingerprint density at radius 3 is 1.76 bits per heavy atom. The smallest absolute Gasteiger partial charge is 1.00 e. The second-order valence-corrected chi connectivity index (χ2v) is 7.07. The minimum Gasteiger partial charge on any atom is -1.00 e. The molecule has 0 aliphatic heterocycles. The van der Waals surface area contributed by atoms with Gasteiger partial charge in [-0.15, -0.1) is 0 Å². The SMILES string of the molecule is CCI.CCN(CC)c1cccc(Cl)c1.Nc1cccc(Cl)c1.O=CO[O-].[H-].[K+].[K+]. The predicted octanol–water partition coefficient (Wildman–Crippen LogP) is -0.895. The first-order chi connectivity index (χ1) is 12.9. The average molecular weight is 607 g/mol. The van der Waals surface area contributed by atoms with Gasteiger partial charge in [0.25, 0.3) is 6.47 Å². The number of anilines is 2. The van der Waals surface area contributed by atoms with Crippen molar-refractivity contribution >= 4 is 63.6 Å². The number of benzene rings is 2. The number of hydrogen-bond acceptors (Lipinski definition) is 5. The van der Waals surface area contributed by atoms with Crippen LogP contribution in [0.15, 0.2) is 48.5 Å². The molecule has 0 spiro atoms. The normalized spacial score (nSPS) is 7.97. The van der Waals surface area contributed by atoms with Gasteiger partial charge < -0.3 is 22.2 Å². The summed E-state index contributed by atoms with van der Waals surface area (Å²) >= 11 is 13.7. The van der Waals surface area contributed by atoms with Crippen LogP contribution in [0.5, 0.6) is 0 Å². The number of alkyl halides is 1. The predicted molar refractivity (Wildman–Crippen MR) is 124 cm³/mol. The van der Waals surface area contributed by atoms with Crippen molar-refractivity contribution in [2.45, 2.75) is 20.8 Å². The molecule has 0 unspecified atom stereocenters. The molecular formula is C19H27Cl2IK2N2O3. The quantitative estimate of drug-likeness (QED) is 0.0929. The van der Waals surface area contributed by atoms with Gasteiger partial charge in [-0.2, -0.15) is 0 Å². The van der Waals surface area contributed by atoms with E-state index in [-0.39, 0.29) is 111 Å². The molecule has 29 heavy (non-hydrogen) atoms. The zero-order valence-electron chi connectivity index (χ0n) is 18.7. The fourth-order valence-corrected chi connectivity index (χ4v) is 2.15. The summed E-state index contributed by atoms with van der Waals surface area (Å²) < 4.78 is 1.22. The Morgan fingerprint density at radius 1 is 1.07 bits per heavy atom. The molecule has 0 aromatic heterocycles. The Labute approximate surface area is 284 Å². The van der Waals surface area contributed by atoms with Crippen molar-refractivity contribution in [1.29, 1.82) is 0 Å². The van der Waals surface area contributed by atoms with Crippen LogP contribution in [-0.4, -0.2) is 24.0 Å². The molecule has 0 saturated heterocycles. The molecule has 0 aliphatic carbocycles. The van der Waals surface area contributed by atoms with Crippen LogP contribution in [0.1, 0.15) is 22.2 Å². The maximum atomic E-state index is 8.64. The molecule has 10 heteroatoms. The van der Waals surface area contributed by atoms with Crippen LogP contribution < -0.4 is 119 Å². The topological polar surface area (TPSA) is 78.6 Å². The summed E-state index contributed by atoms with van der Waals surface area (Å²) in [6.45, 7) is 8.27. The van der Waals surface area contributed by atoms with Crippen LogP contribution in [0.25, 0.3) is 0 Å². The Hall–Kier alpha value is 2.05. The second-order valence-electron chi connectivity index (χ2n) is 4.67. The van der Waals surface area contributed by atoms with Gasteiger partial charge in [-0.3, -0.25) is 4.79 Å². The van der Waals surface area contributed by atoms with E-state index in [1.165, 1.54) is 10.1 Å². The Morgan fingerprint density at radius 2 is 1.48 bits per heavy atom. The van der Waals surface area contributed by atoms with E-state index in [4.69, 9.17) is 39.0 Å². The first kappa shape index (κ1) is 38.3. The van der Waals surface area contributed by atoms with Crippen LogP contribution >= 0.6 is 45.8 Å². The summed E-state index contributed by atoms with van der Waals surface area (Å²) in [6.07, 6.45) is 0. The number of halogens is 3. The number of carbonyl (C=O) groups is 1. The maximum absolute atomic E-state index is 8.64. The van der Waals surface area contributed by atoms with Crippen molar-refractivity contribution in [3.05, 3.63) is 58.6 Å². The third kappa shape index (κ3) is 24.5. The molecule has 0 fully saturated rings. The number of hydrogen-bond donors (Lipinski definition) is 1. The van der Waals surface area contributed by atoms with Crippen LogP contribution in [0.4, 0.5) is 11.4 Å².